The third-order valence-corrected chi connectivity index (χ3v) is 4.91. The molecule has 0 bridgehead atoms. The largest absolute Gasteiger partial charge is 0.356 e. The summed E-state index contributed by atoms with van der Waals surface area (Å²) in [5.41, 5.74) is 3.19. The molecule has 3 rings (SSSR count). The molecule has 1 aromatic carbocycles. The van der Waals surface area contributed by atoms with Crippen LogP contribution in [-0.2, 0) is 0 Å². The summed E-state index contributed by atoms with van der Waals surface area (Å²) in [6.45, 7) is 10.5. The fourth-order valence-corrected chi connectivity index (χ4v) is 3.59. The van der Waals surface area contributed by atoms with E-state index in [1.54, 1.807) is 0 Å². The van der Waals surface area contributed by atoms with E-state index in [-0.39, 0.29) is 0 Å². The van der Waals surface area contributed by atoms with Crippen molar-refractivity contribution in [3.8, 4) is 0 Å². The first-order chi connectivity index (χ1) is 11.4. The molecule has 0 unspecified atom stereocenters. The van der Waals surface area contributed by atoms with Gasteiger partial charge in [0.25, 0.3) is 0 Å². The lowest BCUT2D eigenvalue weighted by Gasteiger charge is -2.31. The van der Waals surface area contributed by atoms with Crippen molar-refractivity contribution >= 4 is 28.9 Å². The average Bonchev–Trinajstić information content (AvgIpc) is 2.51. The number of nitrogens with one attached hydrogen (secondary N) is 1. The van der Waals surface area contributed by atoms with Gasteiger partial charge in [-0.25, -0.2) is 9.97 Å². The molecule has 1 aromatic heterocycles. The van der Waals surface area contributed by atoms with Gasteiger partial charge in [-0.3, -0.25) is 0 Å². The standard InChI is InChI=1S/C19H25ClN4/c1-12-5-7-24(8-6-12)18-11-17(21-15(4)22-18)23-19-14(3)9-13(2)10-16(19)20/h9-12H,5-8H2,1-4H3,(H,21,22,23). The van der Waals surface area contributed by atoms with Crippen molar-refractivity contribution < 1.29 is 0 Å². The molecule has 5 heteroatoms. The molecule has 1 N–H and O–H groups in total. The smallest absolute Gasteiger partial charge is 0.136 e. The van der Waals surface area contributed by atoms with Gasteiger partial charge in [0.2, 0.25) is 0 Å². The first-order valence-electron chi connectivity index (χ1n) is 8.57. The van der Waals surface area contributed by atoms with Crippen LogP contribution in [0.1, 0.15) is 36.7 Å². The minimum absolute atomic E-state index is 0.720. The number of aromatic nitrogens is 2. The summed E-state index contributed by atoms with van der Waals surface area (Å²) < 4.78 is 0. The zero-order chi connectivity index (χ0) is 17.3. The van der Waals surface area contributed by atoms with Gasteiger partial charge in [-0.15, -0.1) is 0 Å². The predicted octanol–water partition coefficient (Wildman–Crippen LogP) is 5.04. The van der Waals surface area contributed by atoms with Crippen LogP contribution in [0.5, 0.6) is 0 Å². The molecule has 0 amide bonds. The SMILES string of the molecule is Cc1cc(C)c(Nc2cc(N3CCC(C)CC3)nc(C)n2)c(Cl)c1. The van der Waals surface area contributed by atoms with Crippen molar-refractivity contribution in [3.63, 3.8) is 0 Å². The third-order valence-electron chi connectivity index (χ3n) is 4.62. The first-order valence-corrected chi connectivity index (χ1v) is 8.94. The highest BCUT2D eigenvalue weighted by Crippen LogP contribution is 2.31. The van der Waals surface area contributed by atoms with E-state index in [1.807, 2.05) is 26.0 Å². The summed E-state index contributed by atoms with van der Waals surface area (Å²) in [4.78, 5) is 11.5. The minimum atomic E-state index is 0.720. The molecule has 1 aliphatic rings. The Balaban J connectivity index is 1.87. The Morgan fingerprint density at radius 2 is 1.79 bits per heavy atom. The maximum absolute atomic E-state index is 6.41. The molecule has 2 heterocycles. The van der Waals surface area contributed by atoms with Crippen molar-refractivity contribution in [1.29, 1.82) is 0 Å². The maximum Gasteiger partial charge on any atom is 0.136 e. The summed E-state index contributed by atoms with van der Waals surface area (Å²) in [6, 6.07) is 6.12. The van der Waals surface area contributed by atoms with Crippen molar-refractivity contribution in [2.45, 2.75) is 40.5 Å². The maximum atomic E-state index is 6.41. The van der Waals surface area contributed by atoms with Crippen LogP contribution in [0, 0.1) is 26.7 Å². The van der Waals surface area contributed by atoms with Gasteiger partial charge in [0.15, 0.2) is 0 Å². The molecule has 0 radical (unpaired) electrons. The third kappa shape index (κ3) is 3.81. The fraction of sp³-hybridized carbons (Fsp3) is 0.474. The Hall–Kier alpha value is -1.81. The number of hydrogen-bond acceptors (Lipinski definition) is 4. The van der Waals surface area contributed by atoms with Crippen LogP contribution >= 0.6 is 11.6 Å². The molecule has 1 saturated heterocycles. The summed E-state index contributed by atoms with van der Waals surface area (Å²) in [7, 11) is 0. The van der Waals surface area contributed by atoms with Crippen LogP contribution in [0.15, 0.2) is 18.2 Å². The summed E-state index contributed by atoms with van der Waals surface area (Å²) >= 11 is 6.41. The van der Waals surface area contributed by atoms with E-state index in [0.717, 1.165) is 58.3 Å². The van der Waals surface area contributed by atoms with Crippen LogP contribution in [0.3, 0.4) is 0 Å². The number of rotatable bonds is 3. The molecule has 24 heavy (non-hydrogen) atoms. The van der Waals surface area contributed by atoms with E-state index >= 15 is 0 Å². The van der Waals surface area contributed by atoms with Crippen molar-refractivity contribution in [2.24, 2.45) is 5.92 Å². The van der Waals surface area contributed by atoms with Gasteiger partial charge in [-0.2, -0.15) is 0 Å². The Kier molecular flexibility index (Phi) is 4.95. The summed E-state index contributed by atoms with van der Waals surface area (Å²) in [5.74, 6) is 3.37. The Morgan fingerprint density at radius 3 is 2.46 bits per heavy atom. The van der Waals surface area contributed by atoms with Crippen LogP contribution in [0.25, 0.3) is 0 Å². The van der Waals surface area contributed by atoms with Crippen molar-refractivity contribution in [3.05, 3.63) is 40.2 Å². The molecule has 0 spiro atoms. The summed E-state index contributed by atoms with van der Waals surface area (Å²) in [6.07, 6.45) is 2.43. The van der Waals surface area contributed by atoms with E-state index in [1.165, 1.54) is 12.8 Å². The van der Waals surface area contributed by atoms with E-state index in [0.29, 0.717) is 0 Å². The van der Waals surface area contributed by atoms with Crippen LogP contribution in [0.2, 0.25) is 5.02 Å². The zero-order valence-electron chi connectivity index (χ0n) is 14.9. The molecular weight excluding hydrogens is 320 g/mol. The van der Waals surface area contributed by atoms with E-state index in [2.05, 4.69) is 40.1 Å². The number of hydrogen-bond donors (Lipinski definition) is 1. The van der Waals surface area contributed by atoms with Crippen molar-refractivity contribution in [2.75, 3.05) is 23.3 Å². The molecule has 128 valence electrons. The van der Waals surface area contributed by atoms with E-state index < -0.39 is 0 Å². The fourth-order valence-electron chi connectivity index (χ4n) is 3.22. The Morgan fingerprint density at radius 1 is 1.08 bits per heavy atom. The molecule has 2 aromatic rings. The Bertz CT molecular complexity index is 713. The van der Waals surface area contributed by atoms with Gasteiger partial charge in [-0.1, -0.05) is 24.6 Å². The molecule has 1 aliphatic heterocycles. The lowest BCUT2D eigenvalue weighted by atomic mass is 9.99. The number of halogens is 1. The predicted molar refractivity (Wildman–Crippen MR) is 102 cm³/mol. The normalized spacial score (nSPS) is 15.6. The van der Waals surface area contributed by atoms with Gasteiger partial charge < -0.3 is 10.2 Å². The van der Waals surface area contributed by atoms with Crippen LogP contribution in [-0.4, -0.2) is 23.1 Å². The highest BCUT2D eigenvalue weighted by Gasteiger charge is 2.18. The second kappa shape index (κ2) is 6.98. The number of aryl methyl sites for hydroxylation is 3. The second-order valence-electron chi connectivity index (χ2n) is 6.89. The van der Waals surface area contributed by atoms with Crippen LogP contribution in [0.4, 0.5) is 17.3 Å². The van der Waals surface area contributed by atoms with Crippen molar-refractivity contribution in [1.82, 2.24) is 9.97 Å². The average molecular weight is 345 g/mol. The molecule has 1 fully saturated rings. The Labute approximate surface area is 149 Å². The molecular formula is C19H25ClN4. The monoisotopic (exact) mass is 344 g/mol. The van der Waals surface area contributed by atoms with Gasteiger partial charge in [0, 0.05) is 19.2 Å². The van der Waals surface area contributed by atoms with Gasteiger partial charge in [-0.05, 0) is 56.7 Å². The van der Waals surface area contributed by atoms with Gasteiger partial charge >= 0.3 is 0 Å². The molecule has 0 aliphatic carbocycles. The highest BCUT2D eigenvalue weighted by atomic mass is 35.5. The number of nitrogens with zero attached hydrogens (tertiary/aromatic N) is 3. The lowest BCUT2D eigenvalue weighted by molar-refractivity contribution is 0.436. The topological polar surface area (TPSA) is 41.0 Å². The zero-order valence-corrected chi connectivity index (χ0v) is 15.6. The first kappa shape index (κ1) is 17.0. The number of anilines is 3. The number of piperidine rings is 1. The van der Waals surface area contributed by atoms with Crippen LogP contribution < -0.4 is 10.2 Å². The second-order valence-corrected chi connectivity index (χ2v) is 7.30. The number of benzene rings is 1. The highest BCUT2D eigenvalue weighted by molar-refractivity contribution is 6.33. The molecule has 0 saturated carbocycles. The summed E-state index contributed by atoms with van der Waals surface area (Å²) in [5, 5.41) is 4.11. The van der Waals surface area contributed by atoms with Gasteiger partial charge in [0.1, 0.15) is 17.5 Å². The molecule has 4 nitrogen and oxygen atoms in total. The van der Waals surface area contributed by atoms with E-state index in [9.17, 15) is 0 Å². The molecule has 0 atom stereocenters. The lowest BCUT2D eigenvalue weighted by Crippen LogP contribution is -2.33. The van der Waals surface area contributed by atoms with Gasteiger partial charge in [0.05, 0.1) is 10.7 Å². The van der Waals surface area contributed by atoms with E-state index in [4.69, 9.17) is 11.6 Å². The quantitative estimate of drug-likeness (QED) is 0.847. The minimum Gasteiger partial charge on any atom is -0.356 e.